The molecule has 19 heavy (non-hydrogen) atoms. The fourth-order valence-corrected chi connectivity index (χ4v) is 1.63. The van der Waals surface area contributed by atoms with Gasteiger partial charge in [0.1, 0.15) is 12.1 Å². The number of nitrogens with zero attached hydrogens (tertiary/aromatic N) is 1. The van der Waals surface area contributed by atoms with Crippen molar-refractivity contribution in [2.45, 2.75) is 33.2 Å². The number of nitrogens with one attached hydrogen (secondary N) is 1. The third-order valence-electron chi connectivity index (χ3n) is 3.23. The van der Waals surface area contributed by atoms with Crippen LogP contribution in [0.2, 0.25) is 0 Å². The van der Waals surface area contributed by atoms with Crippen LogP contribution in [0.1, 0.15) is 27.7 Å². The summed E-state index contributed by atoms with van der Waals surface area (Å²) in [6.07, 6.45) is 0. The van der Waals surface area contributed by atoms with Crippen LogP contribution >= 0.6 is 0 Å². The van der Waals surface area contributed by atoms with Gasteiger partial charge in [-0.15, -0.1) is 0 Å². The smallest absolute Gasteiger partial charge is 0.331 e. The van der Waals surface area contributed by atoms with Crippen molar-refractivity contribution in [2.24, 2.45) is 0 Å². The van der Waals surface area contributed by atoms with E-state index in [4.69, 9.17) is 5.11 Å². The third-order valence-corrected chi connectivity index (χ3v) is 3.23. The first kappa shape index (κ1) is 14.9. The molecule has 0 radical (unpaired) electrons. The Morgan fingerprint density at radius 1 is 1.21 bits per heavy atom. The molecule has 1 heterocycles. The average molecular weight is 268 g/mol. The lowest BCUT2D eigenvalue weighted by atomic mass is 9.96. The van der Waals surface area contributed by atoms with E-state index in [0.29, 0.717) is 0 Å². The van der Waals surface area contributed by atoms with E-state index >= 15 is 0 Å². The van der Waals surface area contributed by atoms with Crippen LogP contribution in [0, 0.1) is 0 Å². The Morgan fingerprint density at radius 2 is 1.74 bits per heavy atom. The number of rotatable bonds is 2. The molecule has 3 amide bonds. The number of aliphatic carboxylic acids is 1. The number of hydrogen-bond acceptors (Lipinski definition) is 4. The van der Waals surface area contributed by atoms with E-state index in [1.165, 1.54) is 27.7 Å². The van der Waals surface area contributed by atoms with E-state index in [2.05, 4.69) is 5.32 Å². The first-order valence-corrected chi connectivity index (χ1v) is 5.66. The minimum Gasteiger partial charge on any atom is -0.478 e. The molecular formula is C12H16N2O5. The quantitative estimate of drug-likeness (QED) is 0.527. The molecule has 0 bridgehead atoms. The maximum Gasteiger partial charge on any atom is 0.331 e. The largest absolute Gasteiger partial charge is 0.478 e. The number of piperazine rings is 1. The second-order valence-corrected chi connectivity index (χ2v) is 4.88. The Kier molecular flexibility index (Phi) is 3.78. The minimum atomic E-state index is -1.21. The van der Waals surface area contributed by atoms with Crippen LogP contribution in [0.15, 0.2) is 11.1 Å². The molecule has 1 aliphatic rings. The average Bonchev–Trinajstić information content (AvgIpc) is 2.31. The molecule has 0 unspecified atom stereocenters. The summed E-state index contributed by atoms with van der Waals surface area (Å²) in [5.41, 5.74) is -1.31. The van der Waals surface area contributed by atoms with Gasteiger partial charge in [0.05, 0.1) is 0 Å². The summed E-state index contributed by atoms with van der Waals surface area (Å²) in [5, 5.41) is 11.0. The predicted octanol–water partition coefficient (Wildman–Crippen LogP) is -0.329. The highest BCUT2D eigenvalue weighted by atomic mass is 16.4. The highest BCUT2D eigenvalue weighted by molar-refractivity contribution is 6.10. The van der Waals surface area contributed by atoms with E-state index in [9.17, 15) is 19.2 Å². The van der Waals surface area contributed by atoms with E-state index in [1.54, 1.807) is 0 Å². The summed E-state index contributed by atoms with van der Waals surface area (Å²) < 4.78 is 0. The topological polar surface area (TPSA) is 104 Å². The molecule has 0 spiro atoms. The highest BCUT2D eigenvalue weighted by Gasteiger charge is 2.44. The van der Waals surface area contributed by atoms with Crippen molar-refractivity contribution in [1.29, 1.82) is 0 Å². The maximum atomic E-state index is 12.2. The minimum absolute atomic E-state index is 0.00285. The van der Waals surface area contributed by atoms with Crippen LogP contribution < -0.4 is 5.32 Å². The van der Waals surface area contributed by atoms with Gasteiger partial charge in [0, 0.05) is 11.1 Å². The van der Waals surface area contributed by atoms with Crippen LogP contribution in [0.3, 0.4) is 0 Å². The Morgan fingerprint density at radius 3 is 2.21 bits per heavy atom. The molecule has 1 aliphatic heterocycles. The van der Waals surface area contributed by atoms with Crippen LogP contribution in [0.25, 0.3) is 0 Å². The van der Waals surface area contributed by atoms with Gasteiger partial charge in [-0.25, -0.2) is 4.79 Å². The number of imide groups is 1. The lowest BCUT2D eigenvalue weighted by Gasteiger charge is -2.40. The SMILES string of the molecule is CC(C(=O)O)=C(C)C(=O)N1CC(=O)NC(=O)C1(C)C. The number of carbonyl (C=O) groups is 4. The van der Waals surface area contributed by atoms with Gasteiger partial charge >= 0.3 is 5.97 Å². The molecule has 0 aromatic heterocycles. The van der Waals surface area contributed by atoms with Crippen molar-refractivity contribution in [3.63, 3.8) is 0 Å². The maximum absolute atomic E-state index is 12.2. The van der Waals surface area contributed by atoms with E-state index in [0.717, 1.165) is 4.90 Å². The molecule has 1 rings (SSSR count). The summed E-state index contributed by atoms with van der Waals surface area (Å²) >= 11 is 0. The molecule has 0 atom stereocenters. The molecule has 7 heteroatoms. The molecule has 2 N–H and O–H groups in total. The van der Waals surface area contributed by atoms with Crippen LogP contribution in [0.4, 0.5) is 0 Å². The zero-order valence-corrected chi connectivity index (χ0v) is 11.2. The fourth-order valence-electron chi connectivity index (χ4n) is 1.63. The predicted molar refractivity (Wildman–Crippen MR) is 65.0 cm³/mol. The molecule has 0 saturated carbocycles. The molecule has 7 nitrogen and oxygen atoms in total. The number of hydrogen-bond donors (Lipinski definition) is 2. The molecule has 0 aromatic rings. The van der Waals surface area contributed by atoms with Gasteiger partial charge in [-0.1, -0.05) is 0 Å². The van der Waals surface area contributed by atoms with E-state index in [1.807, 2.05) is 0 Å². The monoisotopic (exact) mass is 268 g/mol. The number of amides is 3. The highest BCUT2D eigenvalue weighted by Crippen LogP contribution is 2.21. The standard InChI is InChI=1S/C12H16N2O5/c1-6(7(2)10(17)18)9(16)14-5-8(15)13-11(19)12(14,3)4/h5H2,1-4H3,(H,17,18)(H,13,15,19). The number of carboxylic acid groups (broad SMARTS) is 1. The van der Waals surface area contributed by atoms with Crippen molar-refractivity contribution < 1.29 is 24.3 Å². The molecular weight excluding hydrogens is 252 g/mol. The van der Waals surface area contributed by atoms with Crippen molar-refractivity contribution in [1.82, 2.24) is 10.2 Å². The van der Waals surface area contributed by atoms with Gasteiger partial charge in [-0.05, 0) is 27.7 Å². The van der Waals surface area contributed by atoms with Crippen LogP contribution in [-0.2, 0) is 19.2 Å². The fraction of sp³-hybridized carbons (Fsp3) is 0.500. The van der Waals surface area contributed by atoms with E-state index < -0.39 is 29.2 Å². The Hall–Kier alpha value is -2.18. The van der Waals surface area contributed by atoms with Crippen molar-refractivity contribution in [3.8, 4) is 0 Å². The molecule has 0 aliphatic carbocycles. The van der Waals surface area contributed by atoms with E-state index in [-0.39, 0.29) is 17.7 Å². The molecule has 0 aromatic carbocycles. The first-order chi connectivity index (χ1) is 8.59. The zero-order chi connectivity index (χ0) is 15.0. The summed E-state index contributed by atoms with van der Waals surface area (Å²) in [4.78, 5) is 47.2. The lowest BCUT2D eigenvalue weighted by Crippen LogP contribution is -2.65. The summed E-state index contributed by atoms with van der Waals surface area (Å²) in [6, 6.07) is 0. The van der Waals surface area contributed by atoms with Crippen LogP contribution in [0.5, 0.6) is 0 Å². The third kappa shape index (κ3) is 2.64. The van der Waals surface area contributed by atoms with Crippen LogP contribution in [-0.4, -0.2) is 45.8 Å². The normalized spacial score (nSPS) is 19.7. The van der Waals surface area contributed by atoms with Gasteiger partial charge in [0.25, 0.3) is 11.8 Å². The van der Waals surface area contributed by atoms with Crippen molar-refractivity contribution >= 4 is 23.7 Å². The number of carboxylic acids is 1. The summed E-state index contributed by atoms with van der Waals surface area (Å²) in [6.45, 7) is 5.38. The molecule has 1 saturated heterocycles. The van der Waals surface area contributed by atoms with Gasteiger partial charge in [-0.2, -0.15) is 0 Å². The first-order valence-electron chi connectivity index (χ1n) is 5.66. The lowest BCUT2D eigenvalue weighted by molar-refractivity contribution is -0.153. The summed E-state index contributed by atoms with van der Waals surface area (Å²) in [5.74, 6) is -3.01. The van der Waals surface area contributed by atoms with Gasteiger partial charge in [0.2, 0.25) is 5.91 Å². The van der Waals surface area contributed by atoms with Gasteiger partial charge in [-0.3, -0.25) is 19.7 Å². The number of carbonyl (C=O) groups excluding carboxylic acids is 3. The Labute approximate surface area is 110 Å². The van der Waals surface area contributed by atoms with Crippen molar-refractivity contribution in [2.75, 3.05) is 6.54 Å². The zero-order valence-electron chi connectivity index (χ0n) is 11.2. The molecule has 1 fully saturated rings. The second-order valence-electron chi connectivity index (χ2n) is 4.88. The van der Waals surface area contributed by atoms with Gasteiger partial charge < -0.3 is 10.0 Å². The van der Waals surface area contributed by atoms with Gasteiger partial charge in [0.15, 0.2) is 0 Å². The molecule has 104 valence electrons. The van der Waals surface area contributed by atoms with Crippen molar-refractivity contribution in [3.05, 3.63) is 11.1 Å². The second kappa shape index (κ2) is 4.83. The Bertz CT molecular complexity index is 504. The summed E-state index contributed by atoms with van der Waals surface area (Å²) in [7, 11) is 0. The Balaban J connectivity index is 3.17.